The highest BCUT2D eigenvalue weighted by Gasteiger charge is 2.28. The van der Waals surface area contributed by atoms with E-state index in [0.717, 1.165) is 56.2 Å². The van der Waals surface area contributed by atoms with E-state index in [2.05, 4.69) is 9.80 Å². The molecule has 2 aromatic rings. The Kier molecular flexibility index (Phi) is 6.54. The first-order chi connectivity index (χ1) is 14.1. The van der Waals surface area contributed by atoms with E-state index in [9.17, 15) is 4.39 Å². The molecule has 0 amide bonds. The fraction of sp³-hybridized carbons (Fsp3) is 0.619. The molecule has 7 nitrogen and oxygen atoms in total. The third-order valence-electron chi connectivity index (χ3n) is 5.47. The molecule has 1 aromatic heterocycles. The Hall–Kier alpha value is -1.87. The summed E-state index contributed by atoms with van der Waals surface area (Å²) < 4.78 is 27.0. The highest BCUT2D eigenvalue weighted by Crippen LogP contribution is 2.27. The smallest absolute Gasteiger partial charge is 0.165 e. The van der Waals surface area contributed by atoms with Gasteiger partial charge in [-0.05, 0) is 51.1 Å². The molecular formula is C21H30FN5O2. The van der Waals surface area contributed by atoms with Crippen molar-refractivity contribution in [3.8, 4) is 0 Å². The van der Waals surface area contributed by atoms with Crippen LogP contribution >= 0.6 is 0 Å². The second kappa shape index (κ2) is 9.30. The third kappa shape index (κ3) is 5.01. The monoisotopic (exact) mass is 403 g/mol. The molecule has 3 heterocycles. The first kappa shape index (κ1) is 20.4. The van der Waals surface area contributed by atoms with Crippen LogP contribution in [0, 0.1) is 5.82 Å². The van der Waals surface area contributed by atoms with Crippen LogP contribution in [0.15, 0.2) is 24.3 Å². The Morgan fingerprint density at radius 1 is 1.17 bits per heavy atom. The van der Waals surface area contributed by atoms with Crippen molar-refractivity contribution in [2.24, 2.45) is 0 Å². The van der Waals surface area contributed by atoms with Gasteiger partial charge in [-0.2, -0.15) is 5.10 Å². The normalized spacial score (nSPS) is 23.6. The van der Waals surface area contributed by atoms with Gasteiger partial charge in [-0.3, -0.25) is 4.90 Å². The van der Waals surface area contributed by atoms with Crippen LogP contribution in [0.4, 0.5) is 4.39 Å². The third-order valence-corrected chi connectivity index (χ3v) is 5.47. The summed E-state index contributed by atoms with van der Waals surface area (Å²) in [7, 11) is 4.07. The van der Waals surface area contributed by atoms with E-state index in [4.69, 9.17) is 19.6 Å². The molecule has 2 atom stereocenters. The molecule has 0 aliphatic carbocycles. The summed E-state index contributed by atoms with van der Waals surface area (Å²) in [6.07, 6.45) is 3.20. The van der Waals surface area contributed by atoms with Crippen LogP contribution in [0.3, 0.4) is 0 Å². The largest absolute Gasteiger partial charge is 0.378 e. The van der Waals surface area contributed by atoms with Gasteiger partial charge in [0.2, 0.25) is 0 Å². The molecule has 1 unspecified atom stereocenters. The van der Waals surface area contributed by atoms with Gasteiger partial charge in [0.1, 0.15) is 11.6 Å². The van der Waals surface area contributed by atoms with Gasteiger partial charge in [0.15, 0.2) is 12.1 Å². The zero-order chi connectivity index (χ0) is 20.2. The highest BCUT2D eigenvalue weighted by molar-refractivity contribution is 5.20. The van der Waals surface area contributed by atoms with Crippen LogP contribution in [0.5, 0.6) is 0 Å². The number of halogens is 1. The van der Waals surface area contributed by atoms with Gasteiger partial charge in [-0.1, -0.05) is 12.1 Å². The maximum atomic E-state index is 13.3. The van der Waals surface area contributed by atoms with Crippen molar-refractivity contribution in [1.82, 2.24) is 24.6 Å². The molecule has 2 aliphatic heterocycles. The molecule has 0 spiro atoms. The second-order valence-electron chi connectivity index (χ2n) is 8.06. The van der Waals surface area contributed by atoms with Crippen molar-refractivity contribution in [1.29, 1.82) is 0 Å². The summed E-state index contributed by atoms with van der Waals surface area (Å²) in [6, 6.07) is 6.75. The minimum Gasteiger partial charge on any atom is -0.378 e. The quantitative estimate of drug-likeness (QED) is 0.739. The van der Waals surface area contributed by atoms with Crippen molar-refractivity contribution >= 4 is 0 Å². The van der Waals surface area contributed by atoms with Crippen LogP contribution in [0.2, 0.25) is 0 Å². The second-order valence-corrected chi connectivity index (χ2v) is 8.06. The summed E-state index contributed by atoms with van der Waals surface area (Å²) in [5.74, 6) is 1.51. The molecule has 0 saturated carbocycles. The lowest BCUT2D eigenvalue weighted by atomic mass is 10.0. The lowest BCUT2D eigenvalue weighted by Gasteiger charge is -2.35. The molecule has 0 bridgehead atoms. The fourth-order valence-corrected chi connectivity index (χ4v) is 4.01. The van der Waals surface area contributed by atoms with E-state index >= 15 is 0 Å². The van der Waals surface area contributed by atoms with Crippen LogP contribution < -0.4 is 0 Å². The zero-order valence-corrected chi connectivity index (χ0v) is 17.3. The SMILES string of the molecule is CN(C)Cc1nc(CN2CCOC[C@@H]2c2ccc(F)cc2)nn1C1CCCCO1. The summed E-state index contributed by atoms with van der Waals surface area (Å²) in [5.41, 5.74) is 1.05. The molecule has 4 rings (SSSR count). The van der Waals surface area contributed by atoms with E-state index in [1.807, 2.05) is 30.9 Å². The topological polar surface area (TPSA) is 55.7 Å². The van der Waals surface area contributed by atoms with E-state index in [1.165, 1.54) is 12.1 Å². The Balaban J connectivity index is 1.55. The van der Waals surface area contributed by atoms with Crippen LogP contribution in [-0.2, 0) is 22.6 Å². The standard InChI is InChI=1S/C21H30FN5O2/c1-25(2)14-20-23-19(24-27(20)21-5-3-4-11-29-21)13-26-10-12-28-15-18(26)16-6-8-17(22)9-7-16/h6-9,18,21H,3-5,10-15H2,1-2H3/t18-,21?/m1/s1. The fourth-order valence-electron chi connectivity index (χ4n) is 4.01. The maximum Gasteiger partial charge on any atom is 0.165 e. The van der Waals surface area contributed by atoms with Gasteiger partial charge in [0.05, 0.1) is 32.3 Å². The molecule has 0 radical (unpaired) electrons. The predicted molar refractivity (Wildman–Crippen MR) is 107 cm³/mol. The molecule has 2 aliphatic rings. The predicted octanol–water partition coefficient (Wildman–Crippen LogP) is 2.75. The van der Waals surface area contributed by atoms with E-state index in [0.29, 0.717) is 19.8 Å². The lowest BCUT2D eigenvalue weighted by Crippen LogP contribution is -2.39. The lowest BCUT2D eigenvalue weighted by molar-refractivity contribution is -0.0428. The maximum absolute atomic E-state index is 13.3. The van der Waals surface area contributed by atoms with Gasteiger partial charge < -0.3 is 14.4 Å². The summed E-state index contributed by atoms with van der Waals surface area (Å²) in [4.78, 5) is 9.27. The number of hydrogen-bond acceptors (Lipinski definition) is 6. The van der Waals surface area contributed by atoms with Crippen molar-refractivity contribution < 1.29 is 13.9 Å². The van der Waals surface area contributed by atoms with Gasteiger partial charge in [-0.25, -0.2) is 14.1 Å². The number of rotatable bonds is 6. The average molecular weight is 404 g/mol. The number of hydrogen-bond donors (Lipinski definition) is 0. The Bertz CT molecular complexity index is 789. The summed E-state index contributed by atoms with van der Waals surface area (Å²) in [5, 5.41) is 4.83. The van der Waals surface area contributed by atoms with Gasteiger partial charge in [-0.15, -0.1) is 0 Å². The first-order valence-electron chi connectivity index (χ1n) is 10.4. The van der Waals surface area contributed by atoms with Crippen molar-refractivity contribution in [2.45, 2.75) is 44.6 Å². The Morgan fingerprint density at radius 3 is 2.72 bits per heavy atom. The minimum atomic E-state index is -0.224. The number of aromatic nitrogens is 3. The Morgan fingerprint density at radius 2 is 2.00 bits per heavy atom. The molecule has 0 N–H and O–H groups in total. The molecule has 8 heteroatoms. The highest BCUT2D eigenvalue weighted by atomic mass is 19.1. The minimum absolute atomic E-state index is 0.0301. The average Bonchev–Trinajstić information content (AvgIpc) is 3.11. The summed E-state index contributed by atoms with van der Waals surface area (Å²) in [6.45, 7) is 4.18. The van der Waals surface area contributed by atoms with Gasteiger partial charge in [0, 0.05) is 13.2 Å². The number of nitrogens with zero attached hydrogens (tertiary/aromatic N) is 5. The summed E-state index contributed by atoms with van der Waals surface area (Å²) >= 11 is 0. The van der Waals surface area contributed by atoms with Crippen LogP contribution in [0.25, 0.3) is 0 Å². The number of benzene rings is 1. The van der Waals surface area contributed by atoms with E-state index < -0.39 is 0 Å². The van der Waals surface area contributed by atoms with Crippen molar-refractivity contribution in [3.63, 3.8) is 0 Å². The molecule has 2 fully saturated rings. The number of ether oxygens (including phenoxy) is 2. The van der Waals surface area contributed by atoms with Crippen LogP contribution in [-0.4, -0.2) is 65.0 Å². The molecule has 2 saturated heterocycles. The van der Waals surface area contributed by atoms with Gasteiger partial charge >= 0.3 is 0 Å². The van der Waals surface area contributed by atoms with E-state index in [-0.39, 0.29) is 18.1 Å². The van der Waals surface area contributed by atoms with Gasteiger partial charge in [0.25, 0.3) is 0 Å². The molecule has 158 valence electrons. The number of morpholine rings is 1. The molecule has 1 aromatic carbocycles. The zero-order valence-electron chi connectivity index (χ0n) is 17.3. The molecular weight excluding hydrogens is 373 g/mol. The van der Waals surface area contributed by atoms with Crippen LogP contribution in [0.1, 0.15) is 48.7 Å². The van der Waals surface area contributed by atoms with E-state index in [1.54, 1.807) is 0 Å². The molecule has 29 heavy (non-hydrogen) atoms. The Labute approximate surface area is 171 Å². The van der Waals surface area contributed by atoms with Crippen molar-refractivity contribution in [2.75, 3.05) is 40.5 Å². The van der Waals surface area contributed by atoms with Crippen molar-refractivity contribution in [3.05, 3.63) is 47.3 Å². The first-order valence-corrected chi connectivity index (χ1v) is 10.4.